The minimum Gasteiger partial charge on any atom is -0.464 e. The van der Waals surface area contributed by atoms with Crippen molar-refractivity contribution in [2.45, 2.75) is 142 Å². The molecule has 0 unspecified atom stereocenters. The van der Waals surface area contributed by atoms with Crippen molar-refractivity contribution in [3.8, 4) is 0 Å². The molecule has 3 amide bonds. The minimum atomic E-state index is -0.939. The van der Waals surface area contributed by atoms with Crippen LogP contribution >= 0.6 is 11.3 Å². The molecule has 1 saturated heterocycles. The third kappa shape index (κ3) is 15.6. The molecule has 10 nitrogen and oxygen atoms in total. The van der Waals surface area contributed by atoms with Crippen LogP contribution in [0.15, 0.2) is 10.9 Å². The lowest BCUT2D eigenvalue weighted by molar-refractivity contribution is -0.145. The highest BCUT2D eigenvalue weighted by atomic mass is 32.1. The second-order valence-electron chi connectivity index (χ2n) is 12.4. The number of alkyl carbamates (subject to hydrolysis) is 1. The number of aromatic nitrogens is 1. The Morgan fingerprint density at radius 1 is 1.00 bits per heavy atom. The van der Waals surface area contributed by atoms with Crippen LogP contribution in [0.3, 0.4) is 0 Å². The van der Waals surface area contributed by atoms with E-state index in [2.05, 4.69) is 22.5 Å². The molecule has 1 aromatic rings. The number of rotatable bonds is 20. The van der Waals surface area contributed by atoms with Crippen LogP contribution in [0.2, 0.25) is 0 Å². The van der Waals surface area contributed by atoms with Crippen molar-refractivity contribution in [1.82, 2.24) is 20.5 Å². The number of ether oxygens (including phenoxy) is 2. The maximum absolute atomic E-state index is 13.5. The van der Waals surface area contributed by atoms with Crippen LogP contribution in [0.4, 0.5) is 4.79 Å². The molecule has 0 bridgehead atoms. The molecule has 43 heavy (non-hydrogen) atoms. The Labute approximate surface area is 262 Å². The van der Waals surface area contributed by atoms with Gasteiger partial charge >= 0.3 is 12.1 Å². The number of nitrogens with one attached hydrogen (secondary N) is 2. The van der Waals surface area contributed by atoms with Crippen molar-refractivity contribution in [1.29, 1.82) is 0 Å². The van der Waals surface area contributed by atoms with Crippen molar-refractivity contribution < 1.29 is 28.7 Å². The lowest BCUT2D eigenvalue weighted by atomic mass is 10.1. The summed E-state index contributed by atoms with van der Waals surface area (Å²) < 4.78 is 10.7. The van der Waals surface area contributed by atoms with Crippen molar-refractivity contribution >= 4 is 35.2 Å². The summed E-state index contributed by atoms with van der Waals surface area (Å²) in [7, 11) is 0. The first-order chi connectivity index (χ1) is 20.6. The first-order valence-corrected chi connectivity index (χ1v) is 17.2. The van der Waals surface area contributed by atoms with Gasteiger partial charge in [0.2, 0.25) is 11.8 Å². The van der Waals surface area contributed by atoms with Crippen LogP contribution in [0.1, 0.15) is 123 Å². The molecule has 0 spiro atoms. The summed E-state index contributed by atoms with van der Waals surface area (Å²) in [5, 5.41) is 7.11. The van der Waals surface area contributed by atoms with E-state index in [1.54, 1.807) is 26.3 Å². The Kier molecular flexibility index (Phi) is 17.2. The van der Waals surface area contributed by atoms with Crippen molar-refractivity contribution in [3.05, 3.63) is 16.6 Å². The summed E-state index contributed by atoms with van der Waals surface area (Å²) in [5.41, 5.74) is 1.60. The number of esters is 1. The van der Waals surface area contributed by atoms with Gasteiger partial charge in [-0.25, -0.2) is 9.78 Å². The lowest BCUT2D eigenvalue weighted by Gasteiger charge is -2.29. The maximum Gasteiger partial charge on any atom is 0.408 e. The van der Waals surface area contributed by atoms with Gasteiger partial charge in [-0.05, 0) is 40.0 Å². The quantitative estimate of drug-likeness (QED) is 0.136. The monoisotopic (exact) mass is 622 g/mol. The summed E-state index contributed by atoms with van der Waals surface area (Å²) in [6.45, 7) is 7.95. The van der Waals surface area contributed by atoms with Gasteiger partial charge in [0.1, 0.15) is 24.2 Å². The summed E-state index contributed by atoms with van der Waals surface area (Å²) in [6.07, 6.45) is 15.4. The van der Waals surface area contributed by atoms with E-state index in [1.807, 2.05) is 5.38 Å². The van der Waals surface area contributed by atoms with Crippen LogP contribution in [0, 0.1) is 0 Å². The van der Waals surface area contributed by atoms with Crippen LogP contribution in [0.5, 0.6) is 0 Å². The Hall–Kier alpha value is -2.69. The minimum absolute atomic E-state index is 0.178. The van der Waals surface area contributed by atoms with Crippen molar-refractivity contribution in [3.63, 3.8) is 0 Å². The maximum atomic E-state index is 13.5. The Bertz CT molecular complexity index is 966. The van der Waals surface area contributed by atoms with Crippen LogP contribution in [0.25, 0.3) is 0 Å². The van der Waals surface area contributed by atoms with Gasteiger partial charge in [0.15, 0.2) is 0 Å². The van der Waals surface area contributed by atoms with E-state index in [1.165, 1.54) is 74.0 Å². The van der Waals surface area contributed by atoms with Gasteiger partial charge in [-0.1, -0.05) is 77.6 Å². The summed E-state index contributed by atoms with van der Waals surface area (Å²) in [5.74, 6) is -1.27. The second kappa shape index (κ2) is 20.3. The molecule has 2 rings (SSSR count). The fourth-order valence-corrected chi connectivity index (χ4v) is 5.73. The van der Waals surface area contributed by atoms with E-state index in [4.69, 9.17) is 9.47 Å². The zero-order chi connectivity index (χ0) is 31.5. The number of likely N-dealkylation sites (tertiary alicyclic amines) is 1. The number of hydrogen-bond acceptors (Lipinski definition) is 8. The predicted octanol–water partition coefficient (Wildman–Crippen LogP) is 5.93. The Balaban J connectivity index is 1.69. The highest BCUT2D eigenvalue weighted by Crippen LogP contribution is 2.20. The van der Waals surface area contributed by atoms with E-state index in [0.29, 0.717) is 31.7 Å². The highest BCUT2D eigenvalue weighted by Gasteiger charge is 2.38. The van der Waals surface area contributed by atoms with Gasteiger partial charge in [-0.2, -0.15) is 0 Å². The van der Waals surface area contributed by atoms with Crippen LogP contribution < -0.4 is 10.6 Å². The number of thiazole rings is 1. The van der Waals surface area contributed by atoms with E-state index in [0.717, 1.165) is 19.3 Å². The Morgan fingerprint density at radius 2 is 1.63 bits per heavy atom. The SMILES string of the molecule is CCCCCCCCCCCCCCOC(=O)CNC(=O)[C@@H]1CCCN1C(=O)[C@H](Cc1cscn1)NC(=O)OC(C)(C)C. The van der Waals surface area contributed by atoms with Crippen LogP contribution in [-0.4, -0.2) is 71.1 Å². The normalized spacial score (nSPS) is 15.6. The predicted molar refractivity (Wildman–Crippen MR) is 169 cm³/mol. The van der Waals surface area contributed by atoms with Gasteiger partial charge in [-0.15, -0.1) is 11.3 Å². The average Bonchev–Trinajstić information content (AvgIpc) is 3.65. The van der Waals surface area contributed by atoms with Crippen LogP contribution in [-0.2, 0) is 30.3 Å². The fraction of sp³-hybridized carbons (Fsp3) is 0.781. The number of hydrogen-bond donors (Lipinski definition) is 2. The first-order valence-electron chi connectivity index (χ1n) is 16.2. The number of nitrogens with zero attached hydrogens (tertiary/aromatic N) is 2. The third-order valence-corrected chi connectivity index (χ3v) is 8.03. The van der Waals surface area contributed by atoms with E-state index < -0.39 is 35.7 Å². The standard InChI is InChI=1S/C32H54N4O6S/c1-5-6-7-8-9-10-11-12-13-14-15-16-20-41-28(37)22-33-29(38)27-18-17-19-36(27)30(39)26(21-25-23-43-24-34-25)35-31(40)42-32(2,3)4/h23-24,26-27H,5-22H2,1-4H3,(H,33,38)(H,35,40)/t26-,27-/m0/s1. The molecule has 0 aromatic carbocycles. The zero-order valence-electron chi connectivity index (χ0n) is 26.8. The molecule has 1 aromatic heterocycles. The first kappa shape index (κ1) is 36.5. The fourth-order valence-electron chi connectivity index (χ4n) is 5.16. The molecule has 0 radical (unpaired) electrons. The third-order valence-electron chi connectivity index (χ3n) is 7.39. The highest BCUT2D eigenvalue weighted by molar-refractivity contribution is 7.07. The van der Waals surface area contributed by atoms with E-state index in [9.17, 15) is 19.2 Å². The topological polar surface area (TPSA) is 127 Å². The van der Waals surface area contributed by atoms with Gasteiger partial charge in [0, 0.05) is 18.3 Å². The molecule has 0 saturated carbocycles. The molecule has 2 N–H and O–H groups in total. The number of amides is 3. The zero-order valence-corrected chi connectivity index (χ0v) is 27.6. The largest absolute Gasteiger partial charge is 0.464 e. The van der Waals surface area contributed by atoms with Gasteiger partial charge in [-0.3, -0.25) is 14.4 Å². The molecule has 1 aliphatic rings. The molecular weight excluding hydrogens is 568 g/mol. The molecule has 2 atom stereocenters. The lowest BCUT2D eigenvalue weighted by Crippen LogP contribution is -2.55. The Morgan fingerprint density at radius 3 is 2.21 bits per heavy atom. The number of carbonyl (C=O) groups is 4. The summed E-state index contributed by atoms with van der Waals surface area (Å²) >= 11 is 1.40. The molecule has 0 aliphatic carbocycles. The van der Waals surface area contributed by atoms with Gasteiger partial charge in [0.05, 0.1) is 17.8 Å². The van der Waals surface area contributed by atoms with E-state index in [-0.39, 0.29) is 18.9 Å². The van der Waals surface area contributed by atoms with Crippen molar-refractivity contribution in [2.75, 3.05) is 19.7 Å². The number of carbonyl (C=O) groups excluding carboxylic acids is 4. The molecule has 1 fully saturated rings. The smallest absolute Gasteiger partial charge is 0.408 e. The van der Waals surface area contributed by atoms with Gasteiger partial charge in [0.25, 0.3) is 0 Å². The molecule has 2 heterocycles. The summed E-state index contributed by atoms with van der Waals surface area (Å²) in [6, 6.07) is -1.67. The van der Waals surface area contributed by atoms with Crippen molar-refractivity contribution in [2.24, 2.45) is 0 Å². The molecule has 1 aliphatic heterocycles. The summed E-state index contributed by atoms with van der Waals surface area (Å²) in [4.78, 5) is 56.9. The molecule has 11 heteroatoms. The molecular formula is C32H54N4O6S. The second-order valence-corrected chi connectivity index (χ2v) is 13.1. The number of unbranched alkanes of at least 4 members (excludes halogenated alkanes) is 11. The van der Waals surface area contributed by atoms with E-state index >= 15 is 0 Å². The van der Waals surface area contributed by atoms with Gasteiger partial charge < -0.3 is 25.0 Å². The molecule has 244 valence electrons. The average molecular weight is 623 g/mol.